The molecule has 2 aromatic rings. The number of aliphatic hydroxyl groups is 1. The minimum Gasteiger partial charge on any atom is -0.493 e. The topological polar surface area (TPSA) is 95.4 Å². The van der Waals surface area contributed by atoms with Crippen molar-refractivity contribution in [3.05, 3.63) is 53.6 Å². The molecule has 3 rings (SSSR count). The zero-order valence-corrected chi connectivity index (χ0v) is 18.8. The largest absolute Gasteiger partial charge is 0.493 e. The van der Waals surface area contributed by atoms with E-state index in [1.54, 1.807) is 7.11 Å². The van der Waals surface area contributed by atoms with Crippen molar-refractivity contribution in [2.75, 3.05) is 38.3 Å². The van der Waals surface area contributed by atoms with Crippen molar-refractivity contribution in [3.8, 4) is 11.5 Å². The molecule has 1 saturated heterocycles. The SMILES string of the molecule is CCNC(=NCc1ccc(OCCO)c(OC)c1)NCc1ccc(N2CCCC2=O)cc1. The number of nitrogens with one attached hydrogen (secondary N) is 2. The van der Waals surface area contributed by atoms with Gasteiger partial charge in [0.2, 0.25) is 5.91 Å². The number of amides is 1. The summed E-state index contributed by atoms with van der Waals surface area (Å²) in [5.41, 5.74) is 3.05. The number of rotatable bonds is 10. The number of guanidine groups is 1. The monoisotopic (exact) mass is 440 g/mol. The van der Waals surface area contributed by atoms with E-state index < -0.39 is 0 Å². The summed E-state index contributed by atoms with van der Waals surface area (Å²) in [5, 5.41) is 15.5. The number of benzene rings is 2. The molecule has 0 spiro atoms. The number of anilines is 1. The first-order valence-electron chi connectivity index (χ1n) is 11.0. The minimum atomic E-state index is -0.0496. The van der Waals surface area contributed by atoms with Crippen molar-refractivity contribution < 1.29 is 19.4 Å². The lowest BCUT2D eigenvalue weighted by molar-refractivity contribution is -0.117. The van der Waals surface area contributed by atoms with Crippen LogP contribution in [0.25, 0.3) is 0 Å². The first-order valence-corrected chi connectivity index (χ1v) is 11.0. The molecular formula is C24H32N4O4. The zero-order chi connectivity index (χ0) is 22.8. The fourth-order valence-electron chi connectivity index (χ4n) is 3.50. The van der Waals surface area contributed by atoms with Gasteiger partial charge >= 0.3 is 0 Å². The van der Waals surface area contributed by atoms with Crippen LogP contribution in [0, 0.1) is 0 Å². The standard InChI is InChI=1S/C24H32N4O4/c1-3-25-24(27-17-19-8-11-21(32-14-13-29)22(15-19)31-2)26-16-18-6-9-20(10-7-18)28-12-4-5-23(28)30/h6-11,15,29H,3-5,12-14,16-17H2,1-2H3,(H2,25,26,27). The van der Waals surface area contributed by atoms with Gasteiger partial charge in [-0.3, -0.25) is 4.79 Å². The van der Waals surface area contributed by atoms with Crippen molar-refractivity contribution in [2.45, 2.75) is 32.9 Å². The number of aliphatic imine (C=N–C) groups is 1. The Morgan fingerprint density at radius 1 is 1.12 bits per heavy atom. The van der Waals surface area contributed by atoms with Crippen LogP contribution in [0.3, 0.4) is 0 Å². The highest BCUT2D eigenvalue weighted by molar-refractivity contribution is 5.95. The summed E-state index contributed by atoms with van der Waals surface area (Å²) in [6.07, 6.45) is 1.56. The Hall–Kier alpha value is -3.26. The molecule has 0 saturated carbocycles. The lowest BCUT2D eigenvalue weighted by Crippen LogP contribution is -2.36. The van der Waals surface area contributed by atoms with Crippen molar-refractivity contribution in [1.82, 2.24) is 10.6 Å². The molecule has 0 bridgehead atoms. The van der Waals surface area contributed by atoms with Crippen LogP contribution in [0.1, 0.15) is 30.9 Å². The number of carbonyl (C=O) groups excluding carboxylic acids is 1. The van der Waals surface area contributed by atoms with Crippen molar-refractivity contribution in [3.63, 3.8) is 0 Å². The summed E-state index contributed by atoms with van der Waals surface area (Å²) < 4.78 is 10.9. The highest BCUT2D eigenvalue weighted by Crippen LogP contribution is 2.28. The van der Waals surface area contributed by atoms with Crippen LogP contribution in [0.15, 0.2) is 47.5 Å². The maximum atomic E-state index is 11.9. The van der Waals surface area contributed by atoms with E-state index in [1.165, 1.54) is 0 Å². The molecule has 8 nitrogen and oxygen atoms in total. The van der Waals surface area contributed by atoms with E-state index in [0.717, 1.165) is 36.3 Å². The van der Waals surface area contributed by atoms with E-state index >= 15 is 0 Å². The molecule has 8 heteroatoms. The van der Waals surface area contributed by atoms with Crippen LogP contribution in [-0.2, 0) is 17.9 Å². The molecule has 1 aliphatic rings. The van der Waals surface area contributed by atoms with Gasteiger partial charge in [0.15, 0.2) is 17.5 Å². The third-order valence-electron chi connectivity index (χ3n) is 5.12. The van der Waals surface area contributed by atoms with Gasteiger partial charge in [-0.15, -0.1) is 0 Å². The third-order valence-corrected chi connectivity index (χ3v) is 5.12. The van der Waals surface area contributed by atoms with Crippen LogP contribution >= 0.6 is 0 Å². The van der Waals surface area contributed by atoms with E-state index in [1.807, 2.05) is 54.3 Å². The Kier molecular flexibility index (Phi) is 8.74. The fraction of sp³-hybridized carbons (Fsp3) is 0.417. The molecule has 0 unspecified atom stereocenters. The molecule has 1 amide bonds. The Morgan fingerprint density at radius 3 is 2.56 bits per heavy atom. The fourth-order valence-corrected chi connectivity index (χ4v) is 3.50. The Morgan fingerprint density at radius 2 is 1.91 bits per heavy atom. The van der Waals surface area contributed by atoms with Gasteiger partial charge in [0.1, 0.15) is 6.61 Å². The second-order valence-electron chi connectivity index (χ2n) is 7.42. The Labute approximate surface area is 189 Å². The van der Waals surface area contributed by atoms with E-state index in [2.05, 4.69) is 15.6 Å². The number of methoxy groups -OCH3 is 1. The average molecular weight is 441 g/mol. The maximum absolute atomic E-state index is 11.9. The Balaban J connectivity index is 1.59. The number of hydrogen-bond acceptors (Lipinski definition) is 5. The summed E-state index contributed by atoms with van der Waals surface area (Å²) in [7, 11) is 1.59. The van der Waals surface area contributed by atoms with E-state index in [9.17, 15) is 4.79 Å². The van der Waals surface area contributed by atoms with E-state index in [0.29, 0.717) is 37.0 Å². The molecule has 0 aliphatic carbocycles. The average Bonchev–Trinajstić information content (AvgIpc) is 3.25. The van der Waals surface area contributed by atoms with Crippen LogP contribution in [0.4, 0.5) is 5.69 Å². The summed E-state index contributed by atoms with van der Waals surface area (Å²) in [6, 6.07) is 13.7. The first kappa shape index (κ1) is 23.4. The molecule has 3 N–H and O–H groups in total. The summed E-state index contributed by atoms with van der Waals surface area (Å²) in [5.74, 6) is 2.12. The second kappa shape index (κ2) is 12.0. The molecule has 172 valence electrons. The van der Waals surface area contributed by atoms with Crippen molar-refractivity contribution in [2.24, 2.45) is 4.99 Å². The van der Waals surface area contributed by atoms with E-state index in [4.69, 9.17) is 14.6 Å². The lowest BCUT2D eigenvalue weighted by atomic mass is 10.2. The molecule has 2 aromatic carbocycles. The second-order valence-corrected chi connectivity index (χ2v) is 7.42. The summed E-state index contributed by atoms with van der Waals surface area (Å²) >= 11 is 0. The number of carbonyl (C=O) groups is 1. The van der Waals surface area contributed by atoms with Crippen LogP contribution in [-0.4, -0.2) is 50.4 Å². The molecular weight excluding hydrogens is 408 g/mol. The molecule has 0 radical (unpaired) electrons. The number of ether oxygens (including phenoxy) is 2. The molecule has 1 aliphatic heterocycles. The quantitative estimate of drug-likeness (QED) is 0.388. The van der Waals surface area contributed by atoms with Gasteiger partial charge in [-0.25, -0.2) is 4.99 Å². The van der Waals surface area contributed by atoms with Crippen molar-refractivity contribution in [1.29, 1.82) is 0 Å². The highest BCUT2D eigenvalue weighted by Gasteiger charge is 2.21. The molecule has 1 fully saturated rings. The predicted molar refractivity (Wildman–Crippen MR) is 125 cm³/mol. The van der Waals surface area contributed by atoms with Gasteiger partial charge in [0, 0.05) is 31.7 Å². The van der Waals surface area contributed by atoms with Crippen LogP contribution in [0.5, 0.6) is 11.5 Å². The predicted octanol–water partition coefficient (Wildman–Crippen LogP) is 2.45. The van der Waals surface area contributed by atoms with Gasteiger partial charge in [-0.05, 0) is 48.7 Å². The number of nitrogens with zero attached hydrogens (tertiary/aromatic N) is 2. The van der Waals surface area contributed by atoms with Gasteiger partial charge in [0.05, 0.1) is 20.3 Å². The van der Waals surface area contributed by atoms with Crippen LogP contribution < -0.4 is 25.0 Å². The van der Waals surface area contributed by atoms with Gasteiger partial charge < -0.3 is 30.1 Å². The van der Waals surface area contributed by atoms with Crippen molar-refractivity contribution >= 4 is 17.6 Å². The summed E-state index contributed by atoms with van der Waals surface area (Å²) in [6.45, 7) is 4.84. The minimum absolute atomic E-state index is 0.0496. The van der Waals surface area contributed by atoms with Gasteiger partial charge in [0.25, 0.3) is 0 Å². The Bertz CT molecular complexity index is 915. The lowest BCUT2D eigenvalue weighted by Gasteiger charge is -2.16. The smallest absolute Gasteiger partial charge is 0.227 e. The van der Waals surface area contributed by atoms with Gasteiger partial charge in [-0.1, -0.05) is 18.2 Å². The first-order chi connectivity index (χ1) is 15.6. The van der Waals surface area contributed by atoms with Gasteiger partial charge in [-0.2, -0.15) is 0 Å². The molecule has 32 heavy (non-hydrogen) atoms. The van der Waals surface area contributed by atoms with Crippen LogP contribution in [0.2, 0.25) is 0 Å². The summed E-state index contributed by atoms with van der Waals surface area (Å²) in [4.78, 5) is 18.4. The zero-order valence-electron chi connectivity index (χ0n) is 18.8. The maximum Gasteiger partial charge on any atom is 0.227 e. The third kappa shape index (κ3) is 6.37. The number of hydrogen-bond donors (Lipinski definition) is 3. The number of aliphatic hydroxyl groups excluding tert-OH is 1. The van der Waals surface area contributed by atoms with E-state index in [-0.39, 0.29) is 19.1 Å². The molecule has 1 heterocycles. The normalized spacial score (nSPS) is 13.9. The molecule has 0 atom stereocenters. The molecule has 0 aromatic heterocycles. The highest BCUT2D eigenvalue weighted by atomic mass is 16.5.